The monoisotopic (exact) mass is 415 g/mol. The average Bonchev–Trinajstić information content (AvgIpc) is 2.92. The Labute approximate surface area is 169 Å². The first kappa shape index (κ1) is 20.7. The van der Waals surface area contributed by atoms with E-state index in [1.165, 1.54) is 54.8 Å². The van der Waals surface area contributed by atoms with E-state index in [1.807, 2.05) is 0 Å². The van der Waals surface area contributed by atoms with Crippen molar-refractivity contribution in [3.8, 4) is 0 Å². The minimum Gasteiger partial charge on any atom is -0.321 e. The second-order valence-corrected chi connectivity index (χ2v) is 8.99. The van der Waals surface area contributed by atoms with Crippen LogP contribution in [0.2, 0.25) is 0 Å². The van der Waals surface area contributed by atoms with Crippen molar-refractivity contribution in [2.75, 3.05) is 19.4 Å². The minimum absolute atomic E-state index is 0.0771. The second-order valence-electron chi connectivity index (χ2n) is 6.99. The number of anilines is 1. The van der Waals surface area contributed by atoms with Gasteiger partial charge in [0.1, 0.15) is 0 Å². The molecule has 0 spiro atoms. The van der Waals surface area contributed by atoms with Gasteiger partial charge in [0.25, 0.3) is 17.7 Å². The van der Waals surface area contributed by atoms with E-state index >= 15 is 0 Å². The highest BCUT2D eigenvalue weighted by Crippen LogP contribution is 2.29. The summed E-state index contributed by atoms with van der Waals surface area (Å²) in [5.41, 5.74) is 0.824. The SMILES string of the molecule is CC(C)N(C)S(=O)(=O)c1ccc(C(=O)Nc2cccc3c2C(=O)N(C)C3=O)cc1. The third kappa shape index (κ3) is 3.54. The van der Waals surface area contributed by atoms with Crippen molar-refractivity contribution in [1.82, 2.24) is 9.21 Å². The number of amides is 3. The molecule has 152 valence electrons. The summed E-state index contributed by atoms with van der Waals surface area (Å²) >= 11 is 0. The molecule has 0 fully saturated rings. The molecule has 2 aromatic rings. The van der Waals surface area contributed by atoms with Crippen molar-refractivity contribution < 1.29 is 22.8 Å². The van der Waals surface area contributed by atoms with Crippen molar-refractivity contribution in [1.29, 1.82) is 0 Å². The molecule has 0 saturated heterocycles. The Morgan fingerprint density at radius 2 is 1.66 bits per heavy atom. The summed E-state index contributed by atoms with van der Waals surface area (Å²) in [6, 6.07) is 9.97. The van der Waals surface area contributed by atoms with E-state index in [9.17, 15) is 22.8 Å². The van der Waals surface area contributed by atoms with E-state index in [4.69, 9.17) is 0 Å². The molecule has 0 unspecified atom stereocenters. The van der Waals surface area contributed by atoms with Crippen LogP contribution in [0.15, 0.2) is 47.4 Å². The molecule has 0 aromatic heterocycles. The summed E-state index contributed by atoms with van der Waals surface area (Å²) in [5, 5.41) is 2.63. The number of hydrogen-bond acceptors (Lipinski definition) is 5. The van der Waals surface area contributed by atoms with Crippen LogP contribution < -0.4 is 5.32 Å². The Bertz CT molecular complexity index is 1110. The maximum absolute atomic E-state index is 12.6. The molecular weight excluding hydrogens is 394 g/mol. The molecule has 1 heterocycles. The first-order valence-corrected chi connectivity index (χ1v) is 10.3. The molecule has 0 atom stereocenters. The highest BCUT2D eigenvalue weighted by molar-refractivity contribution is 7.89. The lowest BCUT2D eigenvalue weighted by Gasteiger charge is -2.21. The van der Waals surface area contributed by atoms with Crippen LogP contribution in [0.3, 0.4) is 0 Å². The molecule has 0 radical (unpaired) electrons. The van der Waals surface area contributed by atoms with Crippen molar-refractivity contribution in [3.63, 3.8) is 0 Å². The van der Waals surface area contributed by atoms with Gasteiger partial charge in [-0.25, -0.2) is 8.42 Å². The molecule has 2 aromatic carbocycles. The summed E-state index contributed by atoms with van der Waals surface area (Å²) in [6.45, 7) is 3.53. The Kier molecular flexibility index (Phi) is 5.29. The molecule has 3 amide bonds. The fraction of sp³-hybridized carbons (Fsp3) is 0.250. The predicted molar refractivity (Wildman–Crippen MR) is 107 cm³/mol. The van der Waals surface area contributed by atoms with Crippen LogP contribution in [0.4, 0.5) is 5.69 Å². The molecule has 0 saturated carbocycles. The van der Waals surface area contributed by atoms with Gasteiger partial charge >= 0.3 is 0 Å². The van der Waals surface area contributed by atoms with Crippen LogP contribution in [0.25, 0.3) is 0 Å². The third-order valence-corrected chi connectivity index (χ3v) is 6.93. The van der Waals surface area contributed by atoms with Gasteiger partial charge in [-0.15, -0.1) is 0 Å². The fourth-order valence-corrected chi connectivity index (χ4v) is 4.29. The predicted octanol–water partition coefficient (Wildman–Crippen LogP) is 2.19. The Balaban J connectivity index is 1.86. The zero-order valence-corrected chi connectivity index (χ0v) is 17.3. The number of carbonyl (C=O) groups is 3. The van der Waals surface area contributed by atoms with Crippen LogP contribution in [0.1, 0.15) is 44.9 Å². The number of sulfonamides is 1. The summed E-state index contributed by atoms with van der Waals surface area (Å²) in [5.74, 6) is -1.43. The number of rotatable bonds is 5. The van der Waals surface area contributed by atoms with Gasteiger partial charge in [-0.2, -0.15) is 4.31 Å². The maximum Gasteiger partial charge on any atom is 0.263 e. The van der Waals surface area contributed by atoms with Crippen molar-refractivity contribution in [2.45, 2.75) is 24.8 Å². The maximum atomic E-state index is 12.6. The topological polar surface area (TPSA) is 104 Å². The van der Waals surface area contributed by atoms with Crippen LogP contribution >= 0.6 is 0 Å². The second kappa shape index (κ2) is 7.41. The first-order valence-electron chi connectivity index (χ1n) is 8.90. The number of hydrogen-bond donors (Lipinski definition) is 1. The van der Waals surface area contributed by atoms with E-state index in [1.54, 1.807) is 19.9 Å². The smallest absolute Gasteiger partial charge is 0.263 e. The number of benzene rings is 2. The van der Waals surface area contributed by atoms with Gasteiger partial charge < -0.3 is 5.32 Å². The lowest BCUT2D eigenvalue weighted by molar-refractivity contribution is 0.0693. The van der Waals surface area contributed by atoms with E-state index in [0.717, 1.165) is 4.90 Å². The quantitative estimate of drug-likeness (QED) is 0.754. The van der Waals surface area contributed by atoms with Gasteiger partial charge in [0.2, 0.25) is 10.0 Å². The number of nitrogens with zero attached hydrogens (tertiary/aromatic N) is 2. The molecule has 1 aliphatic rings. The molecule has 3 rings (SSSR count). The van der Waals surface area contributed by atoms with Crippen molar-refractivity contribution in [3.05, 3.63) is 59.2 Å². The average molecular weight is 415 g/mol. The number of carbonyl (C=O) groups excluding carboxylic acids is 3. The van der Waals surface area contributed by atoms with Crippen LogP contribution in [-0.2, 0) is 10.0 Å². The Hall–Kier alpha value is -3.04. The molecular formula is C20H21N3O5S. The lowest BCUT2D eigenvalue weighted by atomic mass is 10.1. The van der Waals surface area contributed by atoms with E-state index in [0.29, 0.717) is 0 Å². The normalized spacial score (nSPS) is 13.9. The van der Waals surface area contributed by atoms with Crippen LogP contribution in [0.5, 0.6) is 0 Å². The summed E-state index contributed by atoms with van der Waals surface area (Å²) < 4.78 is 26.3. The van der Waals surface area contributed by atoms with E-state index in [-0.39, 0.29) is 33.3 Å². The molecule has 0 aliphatic carbocycles. The molecule has 9 heteroatoms. The van der Waals surface area contributed by atoms with Gasteiger partial charge in [-0.3, -0.25) is 19.3 Å². The van der Waals surface area contributed by atoms with E-state index in [2.05, 4.69) is 5.32 Å². The van der Waals surface area contributed by atoms with Crippen molar-refractivity contribution in [2.24, 2.45) is 0 Å². The highest BCUT2D eigenvalue weighted by atomic mass is 32.2. The highest BCUT2D eigenvalue weighted by Gasteiger charge is 2.35. The summed E-state index contributed by atoms with van der Waals surface area (Å²) in [7, 11) is -0.783. The number of fused-ring (bicyclic) bond motifs is 1. The van der Waals surface area contributed by atoms with Gasteiger partial charge in [-0.05, 0) is 50.2 Å². The molecule has 1 N–H and O–H groups in total. The summed E-state index contributed by atoms with van der Waals surface area (Å²) in [6.07, 6.45) is 0. The zero-order valence-electron chi connectivity index (χ0n) is 16.5. The molecule has 8 nitrogen and oxygen atoms in total. The van der Waals surface area contributed by atoms with Crippen molar-refractivity contribution >= 4 is 33.4 Å². The summed E-state index contributed by atoms with van der Waals surface area (Å²) in [4.78, 5) is 38.1. The molecule has 1 aliphatic heterocycles. The lowest BCUT2D eigenvalue weighted by Crippen LogP contribution is -2.33. The third-order valence-electron chi connectivity index (χ3n) is 4.89. The molecule has 0 bridgehead atoms. The van der Waals surface area contributed by atoms with Gasteiger partial charge in [-0.1, -0.05) is 6.07 Å². The Morgan fingerprint density at radius 1 is 1.03 bits per heavy atom. The fourth-order valence-electron chi connectivity index (χ4n) is 2.92. The van der Waals surface area contributed by atoms with Gasteiger partial charge in [0, 0.05) is 25.7 Å². The first-order chi connectivity index (χ1) is 13.6. The van der Waals surface area contributed by atoms with Gasteiger partial charge in [0.15, 0.2) is 0 Å². The minimum atomic E-state index is -3.65. The zero-order chi connectivity index (χ0) is 21.5. The largest absolute Gasteiger partial charge is 0.321 e. The van der Waals surface area contributed by atoms with Crippen LogP contribution in [-0.4, -0.2) is 55.5 Å². The molecule has 29 heavy (non-hydrogen) atoms. The Morgan fingerprint density at radius 3 is 2.24 bits per heavy atom. The van der Waals surface area contributed by atoms with Crippen LogP contribution in [0, 0.1) is 0 Å². The van der Waals surface area contributed by atoms with E-state index < -0.39 is 27.7 Å². The standard InChI is InChI=1S/C20H21N3O5S/c1-12(2)23(4)29(27,28)14-10-8-13(9-11-14)18(24)21-16-7-5-6-15-17(16)20(26)22(3)19(15)25/h5-12H,1-4H3,(H,21,24). The van der Waals surface area contributed by atoms with Gasteiger partial charge in [0.05, 0.1) is 21.7 Å². The number of imide groups is 1. The number of nitrogens with one attached hydrogen (secondary N) is 1.